The van der Waals surface area contributed by atoms with Crippen molar-refractivity contribution in [3.63, 3.8) is 0 Å². The Labute approximate surface area is 238 Å². The lowest BCUT2D eigenvalue weighted by molar-refractivity contribution is 0.503. The summed E-state index contributed by atoms with van der Waals surface area (Å²) in [5.41, 5.74) is 9.44. The third kappa shape index (κ3) is 4.02. The summed E-state index contributed by atoms with van der Waals surface area (Å²) in [5.74, 6) is 0. The Morgan fingerprint density at radius 1 is 0.512 bits per heavy atom. The van der Waals surface area contributed by atoms with Crippen molar-refractivity contribution in [3.8, 4) is 22.3 Å². The molecule has 1 atom stereocenters. The topological polar surface area (TPSA) is 29.3 Å². The Morgan fingerprint density at radius 2 is 1.17 bits per heavy atom. The predicted octanol–water partition coefficient (Wildman–Crippen LogP) is 9.45. The summed E-state index contributed by atoms with van der Waals surface area (Å²) in [4.78, 5) is 5.02. The molecule has 0 saturated carbocycles. The van der Waals surface area contributed by atoms with Crippen LogP contribution < -0.4 is 5.32 Å². The monoisotopic (exact) mass is 525 g/mol. The van der Waals surface area contributed by atoms with Gasteiger partial charge in [0, 0.05) is 34.1 Å². The molecule has 6 aromatic carbocycles. The van der Waals surface area contributed by atoms with Crippen LogP contribution >= 0.6 is 0 Å². The van der Waals surface area contributed by atoms with E-state index in [0.717, 1.165) is 11.1 Å². The quantitative estimate of drug-likeness (QED) is 0.244. The molecular weight excluding hydrogens is 498 g/mol. The van der Waals surface area contributed by atoms with Crippen molar-refractivity contribution in [1.82, 2.24) is 9.88 Å². The van der Waals surface area contributed by atoms with Crippen molar-refractivity contribution in [2.45, 2.75) is 6.29 Å². The normalized spacial score (nSPS) is 14.8. The molecule has 1 unspecified atom stereocenters. The van der Waals surface area contributed by atoms with Crippen molar-refractivity contribution in [2.24, 2.45) is 4.99 Å². The van der Waals surface area contributed by atoms with E-state index >= 15 is 0 Å². The Kier molecular flexibility index (Phi) is 5.53. The van der Waals surface area contributed by atoms with Gasteiger partial charge in [0.2, 0.25) is 0 Å². The van der Waals surface area contributed by atoms with Gasteiger partial charge in [-0.25, -0.2) is 4.99 Å². The number of aliphatic imine (C=N–C) groups is 1. The number of allylic oxidation sites excluding steroid dienone is 1. The highest BCUT2D eigenvalue weighted by Crippen LogP contribution is 2.37. The summed E-state index contributed by atoms with van der Waals surface area (Å²) in [6, 6.07) is 49.6. The highest BCUT2D eigenvalue weighted by molar-refractivity contribution is 6.18. The van der Waals surface area contributed by atoms with Gasteiger partial charge in [0.1, 0.15) is 0 Å². The van der Waals surface area contributed by atoms with E-state index in [2.05, 4.69) is 156 Å². The number of para-hydroxylation sites is 1. The predicted molar refractivity (Wildman–Crippen MR) is 173 cm³/mol. The van der Waals surface area contributed by atoms with Gasteiger partial charge in [0.15, 0.2) is 6.29 Å². The van der Waals surface area contributed by atoms with Crippen molar-refractivity contribution in [3.05, 3.63) is 151 Å². The molecule has 0 aliphatic carbocycles. The van der Waals surface area contributed by atoms with Crippen molar-refractivity contribution < 1.29 is 0 Å². The lowest BCUT2D eigenvalue weighted by Crippen LogP contribution is -2.23. The largest absolute Gasteiger partial charge is 0.352 e. The first kappa shape index (κ1) is 23.5. The smallest absolute Gasteiger partial charge is 0.200 e. The van der Waals surface area contributed by atoms with Crippen molar-refractivity contribution in [2.75, 3.05) is 0 Å². The number of nitrogens with one attached hydrogen (secondary N) is 1. The van der Waals surface area contributed by atoms with Gasteiger partial charge in [-0.1, -0.05) is 127 Å². The summed E-state index contributed by atoms with van der Waals surface area (Å²) in [6.07, 6.45) is 3.86. The van der Waals surface area contributed by atoms with Gasteiger partial charge in [-0.2, -0.15) is 0 Å². The first-order chi connectivity index (χ1) is 20.3. The summed E-state index contributed by atoms with van der Waals surface area (Å²) >= 11 is 0. The summed E-state index contributed by atoms with van der Waals surface area (Å²) in [5, 5.41) is 8.55. The zero-order chi connectivity index (χ0) is 27.2. The molecular formula is C38H27N3. The van der Waals surface area contributed by atoms with E-state index in [1.54, 1.807) is 0 Å². The summed E-state index contributed by atoms with van der Waals surface area (Å²) < 4.78 is 2.33. The Bertz CT molecular complexity index is 2120. The number of rotatable bonds is 4. The first-order valence-corrected chi connectivity index (χ1v) is 14.0. The fraction of sp³-hybridized carbons (Fsp3) is 0.0263. The highest BCUT2D eigenvalue weighted by atomic mass is 15.3. The average molecular weight is 526 g/mol. The molecule has 0 radical (unpaired) electrons. The second kappa shape index (κ2) is 9.65. The maximum atomic E-state index is 5.02. The van der Waals surface area contributed by atoms with Gasteiger partial charge in [0.25, 0.3) is 0 Å². The standard InChI is InChI=1S/C38H27N3/c1-2-9-26(10-3-1)30-12-8-13-31(23-30)27-17-19-28(20-18-27)32-24-39-38(40-25-32)41-36-16-7-6-15-34(36)35-22-21-29-11-4-5-14-33(29)37(35)41/h1-25,38-39H. The molecule has 0 spiro atoms. The minimum Gasteiger partial charge on any atom is -0.352 e. The fourth-order valence-corrected chi connectivity index (χ4v) is 6.08. The van der Waals surface area contributed by atoms with Crippen LogP contribution in [0.25, 0.3) is 60.4 Å². The van der Waals surface area contributed by atoms with Crippen LogP contribution in [0, 0.1) is 0 Å². The van der Waals surface area contributed by atoms with Crippen LogP contribution in [-0.2, 0) is 0 Å². The van der Waals surface area contributed by atoms with Crippen LogP contribution in [0.2, 0.25) is 0 Å². The molecule has 3 heteroatoms. The molecule has 3 nitrogen and oxygen atoms in total. The van der Waals surface area contributed by atoms with Crippen molar-refractivity contribution in [1.29, 1.82) is 0 Å². The molecule has 194 valence electrons. The zero-order valence-corrected chi connectivity index (χ0v) is 22.4. The van der Waals surface area contributed by atoms with Gasteiger partial charge in [-0.15, -0.1) is 0 Å². The number of fused-ring (bicyclic) bond motifs is 5. The number of hydrogen-bond acceptors (Lipinski definition) is 2. The van der Waals surface area contributed by atoms with E-state index in [4.69, 9.17) is 4.99 Å². The zero-order valence-electron chi connectivity index (χ0n) is 22.4. The van der Waals surface area contributed by atoms with E-state index < -0.39 is 0 Å². The molecule has 8 rings (SSSR count). The van der Waals surface area contributed by atoms with E-state index in [0.29, 0.717) is 0 Å². The lowest BCUT2D eigenvalue weighted by Gasteiger charge is -2.22. The molecule has 0 fully saturated rings. The van der Waals surface area contributed by atoms with Crippen LogP contribution in [0.1, 0.15) is 11.9 Å². The summed E-state index contributed by atoms with van der Waals surface area (Å²) in [7, 11) is 0. The van der Waals surface area contributed by atoms with Gasteiger partial charge < -0.3 is 9.88 Å². The maximum Gasteiger partial charge on any atom is 0.200 e. The van der Waals surface area contributed by atoms with Crippen LogP contribution in [0.15, 0.2) is 151 Å². The van der Waals surface area contributed by atoms with Crippen LogP contribution in [-0.4, -0.2) is 10.8 Å². The molecule has 0 bridgehead atoms. The Hall–Kier alpha value is -5.41. The van der Waals surface area contributed by atoms with Gasteiger partial charge >= 0.3 is 0 Å². The first-order valence-electron chi connectivity index (χ1n) is 14.0. The molecule has 1 aliphatic heterocycles. The van der Waals surface area contributed by atoms with E-state index in [1.165, 1.54) is 54.8 Å². The molecule has 1 N–H and O–H groups in total. The second-order valence-corrected chi connectivity index (χ2v) is 10.5. The van der Waals surface area contributed by atoms with Crippen LogP contribution in [0.4, 0.5) is 0 Å². The van der Waals surface area contributed by atoms with E-state index in [1.807, 2.05) is 6.21 Å². The van der Waals surface area contributed by atoms with Gasteiger partial charge in [-0.3, -0.25) is 0 Å². The maximum absolute atomic E-state index is 5.02. The molecule has 41 heavy (non-hydrogen) atoms. The van der Waals surface area contributed by atoms with Gasteiger partial charge in [-0.05, 0) is 45.3 Å². The fourth-order valence-electron chi connectivity index (χ4n) is 6.08. The van der Waals surface area contributed by atoms with E-state index in [-0.39, 0.29) is 6.29 Å². The highest BCUT2D eigenvalue weighted by Gasteiger charge is 2.20. The molecule has 0 saturated heterocycles. The average Bonchev–Trinajstić information content (AvgIpc) is 3.40. The van der Waals surface area contributed by atoms with Gasteiger partial charge in [0.05, 0.1) is 11.0 Å². The second-order valence-electron chi connectivity index (χ2n) is 10.5. The minimum atomic E-state index is -0.230. The Morgan fingerprint density at radius 3 is 1.95 bits per heavy atom. The molecule has 1 aromatic heterocycles. The lowest BCUT2D eigenvalue weighted by atomic mass is 9.97. The molecule has 7 aromatic rings. The SMILES string of the molecule is C1=NC(n2c3ccccc3c3ccc4ccccc4c32)NC=C1c1ccc(-c2cccc(-c3ccccc3)c2)cc1. The van der Waals surface area contributed by atoms with E-state index in [9.17, 15) is 0 Å². The van der Waals surface area contributed by atoms with Crippen LogP contribution in [0.3, 0.4) is 0 Å². The minimum absolute atomic E-state index is 0.230. The summed E-state index contributed by atoms with van der Waals surface area (Å²) in [6.45, 7) is 0. The third-order valence-corrected chi connectivity index (χ3v) is 8.10. The number of benzene rings is 6. The number of hydrogen-bond donors (Lipinski definition) is 1. The number of nitrogens with zero attached hydrogens (tertiary/aromatic N) is 2. The Balaban J connectivity index is 1.11. The molecule has 1 aliphatic rings. The molecule has 0 amide bonds. The third-order valence-electron chi connectivity index (χ3n) is 8.10. The molecule has 2 heterocycles. The van der Waals surface area contributed by atoms with Crippen LogP contribution in [0.5, 0.6) is 0 Å². The van der Waals surface area contributed by atoms with Crippen molar-refractivity contribution >= 4 is 44.4 Å². The number of aromatic nitrogens is 1.